The minimum absolute atomic E-state index is 0.0598. The monoisotopic (exact) mass is 1650 g/mol. The molecule has 0 spiro atoms. The van der Waals surface area contributed by atoms with Gasteiger partial charge >= 0.3 is 0 Å². The molecule has 0 saturated carbocycles. The van der Waals surface area contributed by atoms with Crippen molar-refractivity contribution in [2.75, 3.05) is 0 Å². The standard InChI is InChI=1S/2C42H32N2.C37H28FN/c1-42(2,3)33-24-31-16-18-34-36(27-10-8-12-29(22-27)38-14-4-6-20-43-38)26-37(35-19-17-32(25-33)40(31)41(34)35)28-11-9-13-30(23-28)39-15-5-7-21-44-39;1-42(2,3)33-24-31-18-20-34-36(27-10-14-29(15-11-27)38-8-4-6-22-43-38)26-37(35-21-19-32(25-33)40(31)41(34)35)28-12-16-30(17-13-28)39-9-5-7-23-44-39;1-37(2,3)28-20-26-13-17-30-32(23-7-9-25(10-8-23)34-6-4-5-19-39-34)22-33(24-11-15-29(38)16-12-24)31-18-14-27(21-28)35(26)36(30)31/h2*4-26H,1-3H3;4-22H,1-3H3/i;4D,5D,6D,7D,8D,9D,10D,11D,12D,13D,14D,15D,16D,17D,22D,23D;. The molecular formula is C121H92FN5. The fourth-order valence-corrected chi connectivity index (χ4v) is 18.0. The minimum Gasteiger partial charge on any atom is -0.256 e. The summed E-state index contributed by atoms with van der Waals surface area (Å²) in [6, 6.07) is 88.0. The summed E-state index contributed by atoms with van der Waals surface area (Å²) >= 11 is 0. The second kappa shape index (κ2) is 31.8. The third-order valence-corrected chi connectivity index (χ3v) is 24.5. The van der Waals surface area contributed by atoms with E-state index in [1.807, 2.05) is 97.5 Å². The highest BCUT2D eigenvalue weighted by molar-refractivity contribution is 6.31. The summed E-state index contributed by atoms with van der Waals surface area (Å²) in [6.07, 6.45) is 4.19. The van der Waals surface area contributed by atoms with Crippen LogP contribution in [0.15, 0.2) is 395 Å². The fourth-order valence-electron chi connectivity index (χ4n) is 18.0. The van der Waals surface area contributed by atoms with E-state index in [4.69, 9.17) is 16.4 Å². The predicted octanol–water partition coefficient (Wildman–Crippen LogP) is 33.1. The molecule has 0 aliphatic heterocycles. The Bertz CT molecular complexity index is 8720. The van der Waals surface area contributed by atoms with Crippen molar-refractivity contribution in [1.29, 1.82) is 0 Å². The molecule has 0 unspecified atom stereocenters. The molecule has 18 aromatic carbocycles. The van der Waals surface area contributed by atoms with Gasteiger partial charge in [0.25, 0.3) is 0 Å². The zero-order valence-electron chi connectivity index (χ0n) is 87.4. The van der Waals surface area contributed by atoms with Crippen LogP contribution < -0.4 is 0 Å². The van der Waals surface area contributed by atoms with E-state index in [0.29, 0.717) is 16.2 Å². The Morgan fingerprint density at radius 3 is 0.811 bits per heavy atom. The molecule has 23 rings (SSSR count). The number of rotatable bonds is 11. The highest BCUT2D eigenvalue weighted by atomic mass is 19.1. The lowest BCUT2D eigenvalue weighted by atomic mass is 9.81. The fraction of sp³-hybridized carbons (Fsp3) is 0.0992. The molecule has 0 amide bonds. The van der Waals surface area contributed by atoms with Crippen molar-refractivity contribution >= 4 is 97.0 Å². The summed E-state index contributed by atoms with van der Waals surface area (Å²) in [7, 11) is 0. The molecule has 5 nitrogen and oxygen atoms in total. The van der Waals surface area contributed by atoms with Gasteiger partial charge in [0, 0.05) is 58.8 Å². The topological polar surface area (TPSA) is 64.5 Å². The molecule has 0 N–H and O–H groups in total. The first-order valence-corrected chi connectivity index (χ1v) is 42.6. The SMILES string of the molecule is CC(C)(C)c1cc2ccc3c(-c4ccc(F)cc4)cc(-c4ccc(-c5ccccn5)cc4)c4ccc(c1)c2c34.CC(C)(C)c1cc2ccc3c(-c4cccc(-c5ccccn5)c4)cc(-c4cccc(-c5ccccn5)c4)c4ccc(c1)c2c34.[2H]c1nc(-c2c([2H])c([2H])c(-c3cc(-c4c([2H])c([2H])c(-c5nc([2H])c([2H])c([2H])c5[2H])c([2H])c4[2H])c4ccc5cc(C(C)(C)C)cc6ccc3c4c65)c([2H])c2[2H])c([2H])c([2H])c1[2H]. The maximum atomic E-state index is 13.9. The Morgan fingerprint density at radius 1 is 0.213 bits per heavy atom. The van der Waals surface area contributed by atoms with E-state index in [1.165, 1.54) is 110 Å². The van der Waals surface area contributed by atoms with Crippen LogP contribution in [0.1, 0.15) is 101 Å². The third-order valence-electron chi connectivity index (χ3n) is 24.5. The summed E-state index contributed by atoms with van der Waals surface area (Å²) in [4.78, 5) is 21.6. The molecule has 5 aromatic heterocycles. The van der Waals surface area contributed by atoms with Gasteiger partial charge in [-0.05, 0) is 300 Å². The zero-order chi connectivity index (χ0) is 100. The van der Waals surface area contributed by atoms with Gasteiger partial charge in [-0.25, -0.2) is 4.39 Å². The van der Waals surface area contributed by atoms with Crippen molar-refractivity contribution in [3.05, 3.63) is 417 Å². The summed E-state index contributed by atoms with van der Waals surface area (Å²) in [5, 5.41) is 19.2. The average Bonchev–Trinajstić information content (AvgIpc) is 0.702. The molecule has 0 aliphatic carbocycles. The van der Waals surface area contributed by atoms with Crippen LogP contribution in [0.4, 0.5) is 4.39 Å². The summed E-state index contributed by atoms with van der Waals surface area (Å²) in [5.41, 5.74) is 17.2. The zero-order valence-corrected chi connectivity index (χ0v) is 71.4. The van der Waals surface area contributed by atoms with Crippen molar-refractivity contribution in [2.24, 2.45) is 0 Å². The largest absolute Gasteiger partial charge is 0.256 e. The van der Waals surface area contributed by atoms with Gasteiger partial charge in [-0.2, -0.15) is 0 Å². The number of benzene rings is 18. The van der Waals surface area contributed by atoms with Gasteiger partial charge in [0.05, 0.1) is 50.4 Å². The first-order chi connectivity index (χ1) is 68.4. The van der Waals surface area contributed by atoms with E-state index in [-0.39, 0.29) is 44.3 Å². The quantitative estimate of drug-likeness (QED) is 0.121. The number of halogens is 1. The van der Waals surface area contributed by atoms with Crippen LogP contribution in [-0.2, 0) is 16.2 Å². The van der Waals surface area contributed by atoms with Crippen LogP contribution in [0.3, 0.4) is 0 Å². The molecule has 0 fully saturated rings. The number of nitrogens with zero attached hydrogens (tertiary/aromatic N) is 5. The van der Waals surface area contributed by atoms with Crippen molar-refractivity contribution < 1.29 is 26.3 Å². The van der Waals surface area contributed by atoms with E-state index >= 15 is 0 Å². The molecule has 0 saturated heterocycles. The number of pyridine rings is 5. The first kappa shape index (κ1) is 62.8. The molecule has 5 heterocycles. The van der Waals surface area contributed by atoms with E-state index in [1.54, 1.807) is 24.3 Å². The molecule has 6 heteroatoms. The number of hydrogen-bond acceptors (Lipinski definition) is 5. The van der Waals surface area contributed by atoms with Crippen LogP contribution >= 0.6 is 0 Å². The second-order valence-corrected chi connectivity index (χ2v) is 35.6. The van der Waals surface area contributed by atoms with Crippen LogP contribution in [-0.4, -0.2) is 24.9 Å². The maximum Gasteiger partial charge on any atom is 0.123 e. The van der Waals surface area contributed by atoms with Crippen molar-refractivity contribution in [2.45, 2.75) is 78.6 Å². The Morgan fingerprint density at radius 2 is 0.496 bits per heavy atom. The molecule has 0 atom stereocenters. The summed E-state index contributed by atoms with van der Waals surface area (Å²) in [5.74, 6) is -0.225. The van der Waals surface area contributed by atoms with Gasteiger partial charge in [-0.3, -0.25) is 24.9 Å². The van der Waals surface area contributed by atoms with E-state index < -0.39 is 119 Å². The highest BCUT2D eigenvalue weighted by Crippen LogP contribution is 2.51. The van der Waals surface area contributed by atoms with E-state index in [0.717, 1.165) is 72.2 Å². The van der Waals surface area contributed by atoms with Gasteiger partial charge in [0.15, 0.2) is 0 Å². The minimum atomic E-state index is -0.674. The lowest BCUT2D eigenvalue weighted by molar-refractivity contribution is 0.591. The Labute approximate surface area is 762 Å². The average molecular weight is 1650 g/mol. The normalized spacial score (nSPS) is 13.8. The molecule has 0 bridgehead atoms. The van der Waals surface area contributed by atoms with Crippen LogP contribution in [0.25, 0.3) is 220 Å². The maximum absolute atomic E-state index is 13.9. The highest BCUT2D eigenvalue weighted by Gasteiger charge is 2.26. The van der Waals surface area contributed by atoms with Gasteiger partial charge in [-0.1, -0.05) is 323 Å². The smallest absolute Gasteiger partial charge is 0.123 e. The summed E-state index contributed by atoms with van der Waals surface area (Å²) < 4.78 is 153. The molecule has 0 radical (unpaired) electrons. The molecular weight excluding hydrogens is 1540 g/mol. The van der Waals surface area contributed by atoms with E-state index in [2.05, 4.69) is 257 Å². The van der Waals surface area contributed by atoms with Crippen molar-refractivity contribution in [1.82, 2.24) is 24.9 Å². The first-order valence-electron chi connectivity index (χ1n) is 50.6. The summed E-state index contributed by atoms with van der Waals surface area (Å²) in [6.45, 7) is 19.9. The predicted molar refractivity (Wildman–Crippen MR) is 535 cm³/mol. The van der Waals surface area contributed by atoms with Crippen LogP contribution in [0, 0.1) is 5.82 Å². The van der Waals surface area contributed by atoms with Gasteiger partial charge in [0.1, 0.15) is 5.82 Å². The van der Waals surface area contributed by atoms with Crippen LogP contribution in [0.5, 0.6) is 0 Å². The van der Waals surface area contributed by atoms with Gasteiger partial charge in [0.2, 0.25) is 0 Å². The Balaban J connectivity index is 0.000000130. The molecule has 608 valence electrons. The van der Waals surface area contributed by atoms with E-state index in [9.17, 15) is 9.87 Å². The van der Waals surface area contributed by atoms with Crippen molar-refractivity contribution in [3.63, 3.8) is 0 Å². The second-order valence-electron chi connectivity index (χ2n) is 35.6. The van der Waals surface area contributed by atoms with Crippen molar-refractivity contribution in [3.8, 4) is 123 Å². The molecule has 23 aromatic rings. The Kier molecular flexibility index (Phi) is 15.7. The number of hydrogen-bond donors (Lipinski definition) is 0. The number of aromatic nitrogens is 5. The lowest BCUT2D eigenvalue weighted by Gasteiger charge is -2.23. The molecule has 0 aliphatic rings. The Hall–Kier alpha value is -15.2. The van der Waals surface area contributed by atoms with Crippen LogP contribution in [0.2, 0.25) is 0 Å². The van der Waals surface area contributed by atoms with Gasteiger partial charge in [-0.15, -0.1) is 0 Å². The molecule has 127 heavy (non-hydrogen) atoms. The third kappa shape index (κ3) is 14.9. The van der Waals surface area contributed by atoms with Gasteiger partial charge < -0.3 is 0 Å². The lowest BCUT2D eigenvalue weighted by Crippen LogP contribution is -2.10.